The Balaban J connectivity index is 5.27. The molecule has 0 aromatic rings. The number of hydrogen-bond donors (Lipinski definition) is 6. The van der Waals surface area contributed by atoms with Gasteiger partial charge in [0, 0.05) is 0 Å². The van der Waals surface area contributed by atoms with Crippen LogP contribution in [-0.2, 0) is 18.7 Å². The van der Waals surface area contributed by atoms with Crippen LogP contribution in [-0.4, -0.2) is 65.2 Å². The number of carbonyl (C=O) groups is 2. The molecule has 0 bridgehead atoms. The first-order valence-corrected chi connectivity index (χ1v) is 8.19. The summed E-state index contributed by atoms with van der Waals surface area (Å²) in [4.78, 5) is 56.5. The Morgan fingerprint density at radius 1 is 0.947 bits per heavy atom. The first-order valence-electron chi connectivity index (χ1n) is 4.59. The van der Waals surface area contributed by atoms with E-state index in [0.717, 1.165) is 0 Å². The summed E-state index contributed by atoms with van der Waals surface area (Å²) in [5, 5.41) is 17.3. The van der Waals surface area contributed by atoms with E-state index in [0.29, 0.717) is 0 Å². The predicted molar refractivity (Wildman–Crippen MR) is 59.3 cm³/mol. The van der Waals surface area contributed by atoms with Crippen LogP contribution in [0.25, 0.3) is 0 Å². The summed E-state index contributed by atoms with van der Waals surface area (Å²) >= 11 is 0. The smallest absolute Gasteiger partial charge is 0.339 e. The molecule has 0 saturated carbocycles. The van der Waals surface area contributed by atoms with Crippen LogP contribution >= 0.6 is 15.2 Å². The lowest BCUT2D eigenvalue weighted by Gasteiger charge is -2.27. The number of carboxylic acids is 2. The highest BCUT2D eigenvalue weighted by Crippen LogP contribution is 2.41. The molecule has 19 heavy (non-hydrogen) atoms. The van der Waals surface area contributed by atoms with Crippen LogP contribution in [0.15, 0.2) is 0 Å². The maximum Gasteiger partial charge on any atom is 0.339 e. The van der Waals surface area contributed by atoms with Crippen molar-refractivity contribution in [2.24, 2.45) is 0 Å². The molecule has 0 heterocycles. The second-order valence-electron chi connectivity index (χ2n) is 3.65. The molecule has 0 amide bonds. The fourth-order valence-corrected chi connectivity index (χ4v) is 2.95. The molecule has 1 atom stereocenters. The minimum Gasteiger partial charge on any atom is -0.481 e. The summed E-state index contributed by atoms with van der Waals surface area (Å²) in [6, 6.07) is -1.96. The summed E-state index contributed by atoms with van der Waals surface area (Å²) < 4.78 is 21.6. The highest BCUT2D eigenvalue weighted by molar-refractivity contribution is 7.52. The molecule has 0 radical (unpaired) electrons. The van der Waals surface area contributed by atoms with Crippen LogP contribution in [0.3, 0.4) is 0 Å². The molecule has 0 aromatic heterocycles. The van der Waals surface area contributed by atoms with E-state index >= 15 is 0 Å². The lowest BCUT2D eigenvalue weighted by Crippen LogP contribution is -2.43. The summed E-state index contributed by atoms with van der Waals surface area (Å²) in [5.74, 6) is -3.35. The Bertz CT molecular complexity index is 413. The van der Waals surface area contributed by atoms with Crippen molar-refractivity contribution in [3.05, 3.63) is 0 Å². The third-order valence-electron chi connectivity index (χ3n) is 1.83. The molecule has 0 fully saturated rings. The molecular formula is C6H13NO10P2. The van der Waals surface area contributed by atoms with Crippen LogP contribution in [0.4, 0.5) is 0 Å². The van der Waals surface area contributed by atoms with Gasteiger partial charge in [-0.3, -0.25) is 23.6 Å². The van der Waals surface area contributed by atoms with Crippen molar-refractivity contribution in [3.63, 3.8) is 0 Å². The van der Waals surface area contributed by atoms with Gasteiger partial charge in [-0.05, 0) is 0 Å². The maximum atomic E-state index is 10.8. The first-order chi connectivity index (χ1) is 8.32. The van der Waals surface area contributed by atoms with Gasteiger partial charge in [0.1, 0.15) is 18.6 Å². The summed E-state index contributed by atoms with van der Waals surface area (Å²) in [6.07, 6.45) is -3.61. The third kappa shape index (κ3) is 8.84. The predicted octanol–water partition coefficient (Wildman–Crippen LogP) is -1.51. The van der Waals surface area contributed by atoms with Crippen molar-refractivity contribution in [3.8, 4) is 0 Å². The lowest BCUT2D eigenvalue weighted by atomic mass is 10.2. The van der Waals surface area contributed by atoms with Gasteiger partial charge in [-0.15, -0.1) is 0 Å². The summed E-state index contributed by atoms with van der Waals surface area (Å²) in [7, 11) is -9.64. The number of hydrogen-bond acceptors (Lipinski definition) is 5. The van der Waals surface area contributed by atoms with Gasteiger partial charge >= 0.3 is 27.1 Å². The largest absolute Gasteiger partial charge is 0.481 e. The molecule has 11 nitrogen and oxygen atoms in total. The molecule has 0 aliphatic heterocycles. The number of carboxylic acid groups (broad SMARTS) is 2. The van der Waals surface area contributed by atoms with Crippen molar-refractivity contribution >= 4 is 27.1 Å². The van der Waals surface area contributed by atoms with E-state index in [9.17, 15) is 18.7 Å². The molecular weight excluding hydrogens is 308 g/mol. The highest BCUT2D eigenvalue weighted by Gasteiger charge is 2.36. The minimum absolute atomic E-state index is 0.248. The van der Waals surface area contributed by atoms with E-state index in [1.165, 1.54) is 0 Å². The highest BCUT2D eigenvalue weighted by atomic mass is 31.2. The molecule has 6 N–H and O–H groups in total. The van der Waals surface area contributed by atoms with E-state index in [-0.39, 0.29) is 4.90 Å². The Kier molecular flexibility index (Phi) is 6.30. The summed E-state index contributed by atoms with van der Waals surface area (Å²) in [5.41, 5.74) is 0. The number of nitrogens with zero attached hydrogens (tertiary/aromatic N) is 1. The fraction of sp³-hybridized carbons (Fsp3) is 0.667. The van der Waals surface area contributed by atoms with Crippen molar-refractivity contribution in [1.82, 2.24) is 4.90 Å². The second kappa shape index (κ2) is 6.58. The standard InChI is InChI=1S/C6H13NO10P2/c8-5(9)1-4(6(10)11)7(2-18(12,13)14)3-19(15,16)17/h4H,1-3H2,(H,8,9)(H,10,11)(H2,12,13,14)(H2,15,16,17). The van der Waals surface area contributed by atoms with Crippen molar-refractivity contribution in [2.75, 3.05) is 12.6 Å². The minimum atomic E-state index is -4.82. The molecule has 0 spiro atoms. The van der Waals surface area contributed by atoms with Gasteiger partial charge in [-0.25, -0.2) is 0 Å². The van der Waals surface area contributed by atoms with Crippen molar-refractivity contribution in [2.45, 2.75) is 12.5 Å². The molecule has 0 saturated heterocycles. The lowest BCUT2D eigenvalue weighted by molar-refractivity contribution is -0.149. The monoisotopic (exact) mass is 321 g/mol. The fourth-order valence-electron chi connectivity index (χ4n) is 1.25. The molecule has 0 aliphatic carbocycles. The average molecular weight is 321 g/mol. The van der Waals surface area contributed by atoms with Gasteiger partial charge in [0.2, 0.25) is 0 Å². The van der Waals surface area contributed by atoms with Gasteiger partial charge in [-0.1, -0.05) is 0 Å². The van der Waals surface area contributed by atoms with E-state index in [2.05, 4.69) is 0 Å². The first kappa shape index (κ1) is 18.2. The third-order valence-corrected chi connectivity index (χ3v) is 3.29. The molecule has 0 rings (SSSR count). The maximum absolute atomic E-state index is 10.8. The van der Waals surface area contributed by atoms with Gasteiger partial charge < -0.3 is 29.8 Å². The van der Waals surface area contributed by atoms with Gasteiger partial charge in [0.15, 0.2) is 0 Å². The summed E-state index contributed by atoms with van der Waals surface area (Å²) in [6.45, 7) is 0. The molecule has 112 valence electrons. The van der Waals surface area contributed by atoms with Gasteiger partial charge in [0.05, 0.1) is 6.42 Å². The molecule has 13 heteroatoms. The van der Waals surface area contributed by atoms with Gasteiger partial charge in [-0.2, -0.15) is 0 Å². The Hall–Kier alpha value is -0.800. The zero-order chi connectivity index (χ0) is 15.4. The van der Waals surface area contributed by atoms with E-state index in [4.69, 9.17) is 29.8 Å². The molecule has 0 aliphatic rings. The van der Waals surface area contributed by atoms with Crippen LogP contribution in [0.1, 0.15) is 6.42 Å². The van der Waals surface area contributed by atoms with Crippen LogP contribution in [0, 0.1) is 0 Å². The van der Waals surface area contributed by atoms with Crippen molar-refractivity contribution in [1.29, 1.82) is 0 Å². The normalized spacial score (nSPS) is 14.4. The molecule has 1 unspecified atom stereocenters. The van der Waals surface area contributed by atoms with E-state index in [1.807, 2.05) is 0 Å². The Morgan fingerprint density at radius 3 is 1.53 bits per heavy atom. The number of aliphatic carboxylic acids is 2. The second-order valence-corrected chi connectivity index (χ2v) is 6.88. The Labute approximate surface area is 106 Å². The SMILES string of the molecule is O=C(O)CC(C(=O)O)N(CP(=O)(O)O)CP(=O)(O)O. The van der Waals surface area contributed by atoms with Crippen LogP contribution < -0.4 is 0 Å². The van der Waals surface area contributed by atoms with E-state index < -0.39 is 52.2 Å². The zero-order valence-electron chi connectivity index (χ0n) is 9.36. The van der Waals surface area contributed by atoms with Crippen LogP contribution in [0.5, 0.6) is 0 Å². The molecule has 0 aromatic carbocycles. The Morgan fingerprint density at radius 2 is 1.32 bits per heavy atom. The zero-order valence-corrected chi connectivity index (χ0v) is 11.1. The topological polar surface area (TPSA) is 193 Å². The van der Waals surface area contributed by atoms with E-state index in [1.54, 1.807) is 0 Å². The average Bonchev–Trinajstić information content (AvgIpc) is 2.07. The number of rotatable bonds is 8. The van der Waals surface area contributed by atoms with Gasteiger partial charge in [0.25, 0.3) is 0 Å². The quantitative estimate of drug-likeness (QED) is 0.284. The van der Waals surface area contributed by atoms with Crippen molar-refractivity contribution < 1.29 is 48.5 Å². The van der Waals surface area contributed by atoms with Crippen LogP contribution in [0.2, 0.25) is 0 Å².